The van der Waals surface area contributed by atoms with Gasteiger partial charge in [0.1, 0.15) is 12.4 Å². The van der Waals surface area contributed by atoms with Crippen molar-refractivity contribution in [3.05, 3.63) is 29.3 Å². The molecule has 1 atom stereocenters. The molecule has 1 aliphatic rings. The summed E-state index contributed by atoms with van der Waals surface area (Å²) in [5.41, 5.74) is 7.99. The average molecular weight is 275 g/mol. The predicted octanol–water partition coefficient (Wildman–Crippen LogP) is 2.94. The minimum atomic E-state index is -4.33. The van der Waals surface area contributed by atoms with Gasteiger partial charge in [-0.15, -0.1) is 0 Å². The second kappa shape index (κ2) is 5.79. The van der Waals surface area contributed by atoms with Crippen molar-refractivity contribution in [3.63, 3.8) is 0 Å². The van der Waals surface area contributed by atoms with Gasteiger partial charge in [-0.25, -0.2) is 0 Å². The van der Waals surface area contributed by atoms with Crippen LogP contribution in [-0.4, -0.2) is 19.6 Å². The Bertz CT molecular complexity index is 434. The molecule has 0 amide bonds. The van der Waals surface area contributed by atoms with E-state index in [4.69, 9.17) is 10.5 Å². The molecule has 0 aliphatic heterocycles. The van der Waals surface area contributed by atoms with Crippen molar-refractivity contribution >= 4 is 0 Å². The van der Waals surface area contributed by atoms with Gasteiger partial charge in [-0.05, 0) is 36.5 Å². The summed E-state index contributed by atoms with van der Waals surface area (Å²) in [4.78, 5) is 0. The Morgan fingerprint density at radius 3 is 2.84 bits per heavy atom. The van der Waals surface area contributed by atoms with Crippen LogP contribution < -0.4 is 10.5 Å². The van der Waals surface area contributed by atoms with Gasteiger partial charge in [0.25, 0.3) is 0 Å². The SMILES string of the molecule is NC1CCCc2c(OCOCC(F)(F)F)cccc21. The van der Waals surface area contributed by atoms with Crippen LogP contribution in [0.1, 0.15) is 30.0 Å². The second-order valence-electron chi connectivity index (χ2n) is 4.55. The van der Waals surface area contributed by atoms with E-state index in [1.165, 1.54) is 0 Å². The summed E-state index contributed by atoms with van der Waals surface area (Å²) in [7, 11) is 0. The van der Waals surface area contributed by atoms with Gasteiger partial charge >= 0.3 is 6.18 Å². The van der Waals surface area contributed by atoms with Crippen molar-refractivity contribution in [1.82, 2.24) is 0 Å². The van der Waals surface area contributed by atoms with Crippen LogP contribution in [0.25, 0.3) is 0 Å². The van der Waals surface area contributed by atoms with Gasteiger partial charge in [-0.1, -0.05) is 12.1 Å². The zero-order valence-corrected chi connectivity index (χ0v) is 10.4. The third kappa shape index (κ3) is 3.84. The van der Waals surface area contributed by atoms with Crippen molar-refractivity contribution in [2.45, 2.75) is 31.5 Å². The van der Waals surface area contributed by atoms with Gasteiger partial charge in [0.2, 0.25) is 0 Å². The Hall–Kier alpha value is -1.27. The van der Waals surface area contributed by atoms with Crippen molar-refractivity contribution in [1.29, 1.82) is 0 Å². The molecule has 2 rings (SSSR count). The van der Waals surface area contributed by atoms with Crippen LogP contribution in [0.4, 0.5) is 13.2 Å². The smallest absolute Gasteiger partial charge is 0.411 e. The summed E-state index contributed by atoms with van der Waals surface area (Å²) in [5.74, 6) is 0.565. The maximum Gasteiger partial charge on any atom is 0.411 e. The van der Waals surface area contributed by atoms with E-state index in [0.29, 0.717) is 5.75 Å². The van der Waals surface area contributed by atoms with Gasteiger partial charge in [-0.2, -0.15) is 13.2 Å². The molecule has 0 bridgehead atoms. The van der Waals surface area contributed by atoms with Crippen molar-refractivity contribution in [2.24, 2.45) is 5.73 Å². The molecule has 1 aliphatic carbocycles. The molecule has 0 heterocycles. The Kier molecular flexibility index (Phi) is 4.31. The number of benzene rings is 1. The second-order valence-corrected chi connectivity index (χ2v) is 4.55. The summed E-state index contributed by atoms with van der Waals surface area (Å²) in [5, 5.41) is 0. The monoisotopic (exact) mass is 275 g/mol. The lowest BCUT2D eigenvalue weighted by molar-refractivity contribution is -0.186. The van der Waals surface area contributed by atoms with Crippen LogP contribution in [-0.2, 0) is 11.2 Å². The number of rotatable bonds is 4. The van der Waals surface area contributed by atoms with E-state index in [-0.39, 0.29) is 6.04 Å². The van der Waals surface area contributed by atoms with Gasteiger partial charge in [0.05, 0.1) is 0 Å². The average Bonchev–Trinajstić information content (AvgIpc) is 2.34. The van der Waals surface area contributed by atoms with E-state index in [1.807, 2.05) is 6.07 Å². The Morgan fingerprint density at radius 1 is 1.32 bits per heavy atom. The molecule has 3 nitrogen and oxygen atoms in total. The van der Waals surface area contributed by atoms with Crippen LogP contribution in [0, 0.1) is 0 Å². The zero-order valence-electron chi connectivity index (χ0n) is 10.4. The minimum absolute atomic E-state index is 0.0246. The molecule has 0 spiro atoms. The highest BCUT2D eigenvalue weighted by atomic mass is 19.4. The first-order valence-corrected chi connectivity index (χ1v) is 6.12. The fraction of sp³-hybridized carbons (Fsp3) is 0.538. The summed E-state index contributed by atoms with van der Waals surface area (Å²) in [6.07, 6.45) is -1.63. The maximum atomic E-state index is 11.9. The molecule has 0 aromatic heterocycles. The molecular formula is C13H16F3NO2. The number of fused-ring (bicyclic) bond motifs is 1. The number of ether oxygens (including phenoxy) is 2. The topological polar surface area (TPSA) is 44.5 Å². The minimum Gasteiger partial charge on any atom is -0.467 e. The molecule has 2 N–H and O–H groups in total. The zero-order chi connectivity index (χ0) is 13.9. The molecule has 6 heteroatoms. The number of halogens is 3. The fourth-order valence-corrected chi connectivity index (χ4v) is 2.25. The molecule has 0 saturated carbocycles. The lowest BCUT2D eigenvalue weighted by Crippen LogP contribution is -2.20. The van der Waals surface area contributed by atoms with E-state index in [9.17, 15) is 13.2 Å². The summed E-state index contributed by atoms with van der Waals surface area (Å²) in [6, 6.07) is 5.43. The van der Waals surface area contributed by atoms with E-state index in [1.54, 1.807) is 12.1 Å². The molecule has 0 radical (unpaired) electrons. The molecule has 0 fully saturated rings. The third-order valence-corrected chi connectivity index (χ3v) is 3.07. The molecule has 1 aromatic carbocycles. The summed E-state index contributed by atoms with van der Waals surface area (Å²) < 4.78 is 45.4. The fourth-order valence-electron chi connectivity index (χ4n) is 2.25. The first kappa shape index (κ1) is 14.1. The first-order valence-electron chi connectivity index (χ1n) is 6.12. The third-order valence-electron chi connectivity index (χ3n) is 3.07. The molecule has 1 unspecified atom stereocenters. The predicted molar refractivity (Wildman–Crippen MR) is 63.8 cm³/mol. The summed E-state index contributed by atoms with van der Waals surface area (Å²) >= 11 is 0. The van der Waals surface area contributed by atoms with Gasteiger partial charge in [0.15, 0.2) is 6.79 Å². The number of nitrogens with two attached hydrogens (primary N) is 1. The molecule has 19 heavy (non-hydrogen) atoms. The van der Waals surface area contributed by atoms with Crippen LogP contribution >= 0.6 is 0 Å². The lowest BCUT2D eigenvalue weighted by atomic mass is 9.88. The van der Waals surface area contributed by atoms with E-state index < -0.39 is 19.6 Å². The number of hydrogen-bond acceptors (Lipinski definition) is 3. The first-order chi connectivity index (χ1) is 8.97. The highest BCUT2D eigenvalue weighted by Crippen LogP contribution is 2.34. The summed E-state index contributed by atoms with van der Waals surface area (Å²) in [6.45, 7) is -1.72. The molecule has 1 aromatic rings. The van der Waals surface area contributed by atoms with Gasteiger partial charge in [0, 0.05) is 6.04 Å². The van der Waals surface area contributed by atoms with E-state index in [0.717, 1.165) is 30.4 Å². The highest BCUT2D eigenvalue weighted by molar-refractivity contribution is 5.43. The Morgan fingerprint density at radius 2 is 2.11 bits per heavy atom. The number of hydrogen-bond donors (Lipinski definition) is 1. The van der Waals surface area contributed by atoms with Crippen LogP contribution in [0.15, 0.2) is 18.2 Å². The number of alkyl halides is 3. The van der Waals surface area contributed by atoms with Crippen molar-refractivity contribution in [2.75, 3.05) is 13.4 Å². The quantitative estimate of drug-likeness (QED) is 0.678. The highest BCUT2D eigenvalue weighted by Gasteiger charge is 2.27. The Balaban J connectivity index is 1.96. The van der Waals surface area contributed by atoms with Gasteiger partial charge < -0.3 is 15.2 Å². The van der Waals surface area contributed by atoms with E-state index >= 15 is 0 Å². The molecular weight excluding hydrogens is 259 g/mol. The van der Waals surface area contributed by atoms with Crippen LogP contribution in [0.3, 0.4) is 0 Å². The molecule has 0 saturated heterocycles. The van der Waals surface area contributed by atoms with Crippen molar-refractivity contribution in [3.8, 4) is 5.75 Å². The largest absolute Gasteiger partial charge is 0.467 e. The van der Waals surface area contributed by atoms with Crippen LogP contribution in [0.2, 0.25) is 0 Å². The standard InChI is InChI=1S/C13H16F3NO2/c14-13(15,16)7-18-8-19-12-6-2-3-9-10(12)4-1-5-11(9)17/h2-3,6,11H,1,4-5,7-8,17H2. The Labute approximate surface area is 109 Å². The van der Waals surface area contributed by atoms with Crippen LogP contribution in [0.5, 0.6) is 5.75 Å². The molecule has 106 valence electrons. The maximum absolute atomic E-state index is 11.9. The van der Waals surface area contributed by atoms with E-state index in [2.05, 4.69) is 4.74 Å². The van der Waals surface area contributed by atoms with Crippen molar-refractivity contribution < 1.29 is 22.6 Å². The lowest BCUT2D eigenvalue weighted by Gasteiger charge is -2.24. The normalized spacial score (nSPS) is 19.1. The van der Waals surface area contributed by atoms with Gasteiger partial charge in [-0.3, -0.25) is 0 Å².